The molecule has 1 atom stereocenters. The van der Waals surface area contributed by atoms with Gasteiger partial charge in [-0.1, -0.05) is 65.7 Å². The monoisotopic (exact) mass is 726 g/mol. The second-order valence-corrected chi connectivity index (χ2v) is 14.2. The first-order chi connectivity index (χ1) is 23.2. The quantitative estimate of drug-likeness (QED) is 0.114. The SMILES string of the molecule is COc1ccc(N(CC(=O)N(Cc2c(Cl)cccc2Cl)[C@@H](Cc2ccccc2)C(=O)NC(C)C)S(=O)(=O)c2ccc(C)c([N+](=O)[O-])c2)cc1. The Morgan fingerprint density at radius 2 is 1.57 bits per heavy atom. The number of ether oxygens (including phenoxy) is 1. The van der Waals surface area contributed by atoms with Gasteiger partial charge in [0.05, 0.1) is 22.6 Å². The highest BCUT2D eigenvalue weighted by Gasteiger charge is 2.36. The maximum Gasteiger partial charge on any atom is 0.273 e. The maximum absolute atomic E-state index is 14.6. The van der Waals surface area contributed by atoms with E-state index >= 15 is 0 Å². The zero-order chi connectivity index (χ0) is 35.9. The molecular formula is C35H36Cl2N4O7S. The molecule has 14 heteroatoms. The van der Waals surface area contributed by atoms with Gasteiger partial charge in [-0.2, -0.15) is 0 Å². The summed E-state index contributed by atoms with van der Waals surface area (Å²) in [7, 11) is -3.15. The van der Waals surface area contributed by atoms with Gasteiger partial charge in [0.25, 0.3) is 15.7 Å². The molecule has 0 spiro atoms. The average Bonchev–Trinajstić information content (AvgIpc) is 3.06. The second kappa shape index (κ2) is 16.2. The summed E-state index contributed by atoms with van der Waals surface area (Å²) in [6.07, 6.45) is 0.0899. The second-order valence-electron chi connectivity index (χ2n) is 11.5. The number of anilines is 1. The molecule has 0 fully saturated rings. The van der Waals surface area contributed by atoms with Crippen LogP contribution in [0, 0.1) is 17.0 Å². The molecule has 49 heavy (non-hydrogen) atoms. The van der Waals surface area contributed by atoms with Crippen LogP contribution in [0.1, 0.15) is 30.5 Å². The number of amides is 2. The van der Waals surface area contributed by atoms with Crippen molar-refractivity contribution >= 4 is 56.4 Å². The largest absolute Gasteiger partial charge is 0.497 e. The van der Waals surface area contributed by atoms with Crippen molar-refractivity contribution in [3.05, 3.63) is 128 Å². The number of nitro benzene ring substituents is 1. The molecule has 0 aliphatic carbocycles. The number of nitro groups is 1. The molecule has 0 aromatic heterocycles. The Morgan fingerprint density at radius 1 is 0.939 bits per heavy atom. The van der Waals surface area contributed by atoms with Crippen LogP contribution in [-0.2, 0) is 32.6 Å². The smallest absolute Gasteiger partial charge is 0.273 e. The summed E-state index contributed by atoms with van der Waals surface area (Å²) in [6, 6.07) is 22.0. The van der Waals surface area contributed by atoms with Gasteiger partial charge in [0.1, 0.15) is 18.3 Å². The van der Waals surface area contributed by atoms with E-state index in [4.69, 9.17) is 27.9 Å². The molecule has 0 unspecified atom stereocenters. The molecule has 11 nitrogen and oxygen atoms in total. The van der Waals surface area contributed by atoms with Crippen molar-refractivity contribution in [2.75, 3.05) is 18.0 Å². The Labute approximate surface area is 295 Å². The molecule has 0 aliphatic rings. The molecule has 0 heterocycles. The van der Waals surface area contributed by atoms with Crippen molar-refractivity contribution in [3.63, 3.8) is 0 Å². The van der Waals surface area contributed by atoms with Crippen LogP contribution in [0.15, 0.2) is 95.9 Å². The van der Waals surface area contributed by atoms with Crippen LogP contribution in [0.5, 0.6) is 5.75 Å². The van der Waals surface area contributed by atoms with Crippen LogP contribution in [0.25, 0.3) is 0 Å². The highest BCUT2D eigenvalue weighted by Crippen LogP contribution is 2.31. The van der Waals surface area contributed by atoms with Crippen LogP contribution in [0.3, 0.4) is 0 Å². The fraction of sp³-hybridized carbons (Fsp3) is 0.257. The zero-order valence-electron chi connectivity index (χ0n) is 27.3. The number of aryl methyl sites for hydroxylation is 1. The molecule has 0 saturated carbocycles. The van der Waals surface area contributed by atoms with Gasteiger partial charge in [-0.05, 0) is 68.8 Å². The lowest BCUT2D eigenvalue weighted by Crippen LogP contribution is -2.54. The Hall–Kier alpha value is -4.65. The third-order valence-electron chi connectivity index (χ3n) is 7.70. The van der Waals surface area contributed by atoms with Crippen LogP contribution in [0.4, 0.5) is 11.4 Å². The summed E-state index contributed by atoms with van der Waals surface area (Å²) in [5.41, 5.74) is 1.06. The van der Waals surface area contributed by atoms with Crippen molar-refractivity contribution in [2.45, 2.75) is 50.7 Å². The van der Waals surface area contributed by atoms with E-state index in [9.17, 15) is 28.1 Å². The number of carbonyl (C=O) groups is 2. The minimum Gasteiger partial charge on any atom is -0.497 e. The highest BCUT2D eigenvalue weighted by molar-refractivity contribution is 7.92. The van der Waals surface area contributed by atoms with E-state index in [2.05, 4.69) is 5.32 Å². The van der Waals surface area contributed by atoms with Gasteiger partial charge in [0.15, 0.2) is 0 Å². The minimum atomic E-state index is -4.60. The predicted octanol–water partition coefficient (Wildman–Crippen LogP) is 6.58. The van der Waals surface area contributed by atoms with Crippen molar-refractivity contribution in [1.29, 1.82) is 0 Å². The topological polar surface area (TPSA) is 139 Å². The fourth-order valence-electron chi connectivity index (χ4n) is 5.14. The number of nitrogens with one attached hydrogen (secondary N) is 1. The van der Waals surface area contributed by atoms with Gasteiger partial charge < -0.3 is 15.0 Å². The van der Waals surface area contributed by atoms with Crippen LogP contribution >= 0.6 is 23.2 Å². The number of carbonyl (C=O) groups excluding carboxylic acids is 2. The van der Waals surface area contributed by atoms with E-state index in [1.54, 1.807) is 32.0 Å². The first-order valence-electron chi connectivity index (χ1n) is 15.2. The molecule has 4 aromatic carbocycles. The molecule has 0 saturated heterocycles. The van der Waals surface area contributed by atoms with Crippen LogP contribution in [0.2, 0.25) is 10.0 Å². The van der Waals surface area contributed by atoms with Gasteiger partial charge in [0.2, 0.25) is 11.8 Å². The molecule has 1 N–H and O–H groups in total. The maximum atomic E-state index is 14.6. The van der Waals surface area contributed by atoms with E-state index in [1.807, 2.05) is 30.3 Å². The van der Waals surface area contributed by atoms with Gasteiger partial charge >= 0.3 is 0 Å². The predicted molar refractivity (Wildman–Crippen MR) is 190 cm³/mol. The number of hydrogen-bond acceptors (Lipinski definition) is 7. The first-order valence-corrected chi connectivity index (χ1v) is 17.4. The number of nitrogens with zero attached hydrogens (tertiary/aromatic N) is 3. The van der Waals surface area contributed by atoms with E-state index in [0.717, 1.165) is 15.9 Å². The molecule has 0 bridgehead atoms. The van der Waals surface area contributed by atoms with Crippen molar-refractivity contribution < 1.29 is 27.7 Å². The third-order valence-corrected chi connectivity index (χ3v) is 10.2. The lowest BCUT2D eigenvalue weighted by molar-refractivity contribution is -0.385. The van der Waals surface area contributed by atoms with Gasteiger partial charge in [-0.3, -0.25) is 24.0 Å². The lowest BCUT2D eigenvalue weighted by atomic mass is 10.0. The molecule has 4 aromatic rings. The van der Waals surface area contributed by atoms with E-state index in [1.165, 1.54) is 55.3 Å². The van der Waals surface area contributed by atoms with Crippen molar-refractivity contribution in [1.82, 2.24) is 10.2 Å². The average molecular weight is 728 g/mol. The Morgan fingerprint density at radius 3 is 2.14 bits per heavy atom. The fourth-order valence-corrected chi connectivity index (χ4v) is 7.09. The minimum absolute atomic E-state index is 0.0827. The summed E-state index contributed by atoms with van der Waals surface area (Å²) >= 11 is 13.1. The van der Waals surface area contributed by atoms with E-state index < -0.39 is 49.9 Å². The summed E-state index contributed by atoms with van der Waals surface area (Å²) in [5, 5.41) is 15.1. The number of sulfonamides is 1. The van der Waals surface area contributed by atoms with Gasteiger partial charge in [-0.15, -0.1) is 0 Å². The molecule has 258 valence electrons. The summed E-state index contributed by atoms with van der Waals surface area (Å²) < 4.78 is 34.7. The lowest BCUT2D eigenvalue weighted by Gasteiger charge is -2.34. The van der Waals surface area contributed by atoms with Crippen LogP contribution in [-0.4, -0.2) is 55.8 Å². The number of methoxy groups -OCH3 is 1. The highest BCUT2D eigenvalue weighted by atomic mass is 35.5. The number of halogens is 2. The Balaban J connectivity index is 1.88. The molecular weight excluding hydrogens is 691 g/mol. The van der Waals surface area contributed by atoms with E-state index in [-0.39, 0.29) is 40.3 Å². The van der Waals surface area contributed by atoms with Crippen molar-refractivity contribution in [2.24, 2.45) is 0 Å². The first kappa shape index (κ1) is 37.2. The van der Waals surface area contributed by atoms with E-state index in [0.29, 0.717) is 11.3 Å². The normalized spacial score (nSPS) is 11.9. The zero-order valence-corrected chi connectivity index (χ0v) is 29.6. The Bertz CT molecular complexity index is 1900. The number of rotatable bonds is 14. The molecule has 2 amide bonds. The summed E-state index contributed by atoms with van der Waals surface area (Å²) in [5.74, 6) is -0.790. The molecule has 4 rings (SSSR count). The van der Waals surface area contributed by atoms with Crippen molar-refractivity contribution in [3.8, 4) is 5.75 Å². The van der Waals surface area contributed by atoms with Gasteiger partial charge in [-0.25, -0.2) is 8.42 Å². The Kier molecular flexibility index (Phi) is 12.3. The number of hydrogen-bond donors (Lipinski definition) is 1. The van der Waals surface area contributed by atoms with Gasteiger partial charge in [0, 0.05) is 46.2 Å². The summed E-state index contributed by atoms with van der Waals surface area (Å²) in [4.78, 5) is 40.4. The summed E-state index contributed by atoms with van der Waals surface area (Å²) in [6.45, 7) is 4.05. The molecule has 0 aliphatic heterocycles. The number of benzene rings is 4. The third kappa shape index (κ3) is 9.08. The standard InChI is InChI=1S/C35H36Cl2N4O7S/c1-23(2)38-35(43)33(19-25-9-6-5-7-10-25)39(21-29-30(36)11-8-12-31(29)37)34(42)22-40(26-14-16-27(48-4)17-15-26)49(46,47)28-18-13-24(3)32(20-28)41(44)45/h5-18,20,23,33H,19,21-22H2,1-4H3,(H,38,43)/t33-/m0/s1. The van der Waals surface area contributed by atoms with Crippen LogP contribution < -0.4 is 14.4 Å². The molecule has 0 radical (unpaired) electrons.